The molecule has 0 unspecified atom stereocenters. The molecule has 1 aromatic carbocycles. The summed E-state index contributed by atoms with van der Waals surface area (Å²) in [6.07, 6.45) is 3.69. The average Bonchev–Trinajstić information content (AvgIpc) is 3.03. The molecule has 2 heterocycles. The van der Waals surface area contributed by atoms with Gasteiger partial charge in [0.25, 0.3) is 0 Å². The fourth-order valence-corrected chi connectivity index (χ4v) is 4.75. The van der Waals surface area contributed by atoms with Crippen LogP contribution in [-0.2, 0) is 12.8 Å². The van der Waals surface area contributed by atoms with Crippen molar-refractivity contribution < 1.29 is 0 Å². The number of thiophene rings is 1. The summed E-state index contributed by atoms with van der Waals surface area (Å²) in [7, 11) is 0. The molecule has 106 valence electrons. The van der Waals surface area contributed by atoms with Gasteiger partial charge in [0, 0.05) is 15.2 Å². The lowest BCUT2D eigenvalue weighted by atomic mass is 10.1. The molecule has 0 atom stereocenters. The number of nitrogens with two attached hydrogens (primary N) is 1. The highest BCUT2D eigenvalue weighted by atomic mass is 32.2. The lowest BCUT2D eigenvalue weighted by Gasteiger charge is -2.06. The Labute approximate surface area is 131 Å². The number of nitrogens with zero attached hydrogens (tertiary/aromatic N) is 2. The third-order valence-electron chi connectivity index (χ3n) is 3.78. The molecule has 0 aliphatic heterocycles. The smallest absolute Gasteiger partial charge is 0.222 e. The Hall–Kier alpha value is -1.59. The van der Waals surface area contributed by atoms with E-state index in [2.05, 4.69) is 41.2 Å². The maximum Gasteiger partial charge on any atom is 0.222 e. The van der Waals surface area contributed by atoms with Gasteiger partial charge in [-0.15, -0.1) is 11.3 Å². The number of fused-ring (bicyclic) bond motifs is 2. The van der Waals surface area contributed by atoms with Crippen LogP contribution in [0.5, 0.6) is 0 Å². The van der Waals surface area contributed by atoms with Gasteiger partial charge < -0.3 is 5.73 Å². The molecule has 0 saturated heterocycles. The van der Waals surface area contributed by atoms with E-state index in [0.29, 0.717) is 5.95 Å². The van der Waals surface area contributed by atoms with Gasteiger partial charge in [-0.25, -0.2) is 9.97 Å². The number of hydrogen-bond donors (Lipinski definition) is 1. The molecular formula is C16H15N3S2. The summed E-state index contributed by atoms with van der Waals surface area (Å²) in [6.45, 7) is 2.09. The van der Waals surface area contributed by atoms with Gasteiger partial charge in [0.2, 0.25) is 5.95 Å². The highest BCUT2D eigenvalue weighted by Gasteiger charge is 2.14. The number of aryl methyl sites for hydroxylation is 3. The molecule has 0 spiro atoms. The van der Waals surface area contributed by atoms with Crippen LogP contribution in [0.15, 0.2) is 34.2 Å². The molecule has 0 bridgehead atoms. The molecule has 0 fully saturated rings. The van der Waals surface area contributed by atoms with Gasteiger partial charge in [-0.2, -0.15) is 0 Å². The fraction of sp³-hybridized carbons (Fsp3) is 0.250. The zero-order chi connectivity index (χ0) is 14.4. The lowest BCUT2D eigenvalue weighted by molar-refractivity contribution is 0.911. The summed E-state index contributed by atoms with van der Waals surface area (Å²) in [5.41, 5.74) is 8.83. The molecule has 0 radical (unpaired) electrons. The summed E-state index contributed by atoms with van der Waals surface area (Å²) in [6, 6.07) is 8.90. The third-order valence-corrected chi connectivity index (χ3v) is 5.72. The first-order valence-electron chi connectivity index (χ1n) is 7.02. The van der Waals surface area contributed by atoms with E-state index in [9.17, 15) is 0 Å². The van der Waals surface area contributed by atoms with E-state index in [1.165, 1.54) is 40.2 Å². The van der Waals surface area contributed by atoms with Crippen LogP contribution in [0.25, 0.3) is 10.2 Å². The Kier molecular flexibility index (Phi) is 3.12. The zero-order valence-corrected chi connectivity index (χ0v) is 13.4. The lowest BCUT2D eigenvalue weighted by Crippen LogP contribution is -1.95. The second-order valence-electron chi connectivity index (χ2n) is 5.35. The van der Waals surface area contributed by atoms with Crippen molar-refractivity contribution in [3.8, 4) is 0 Å². The van der Waals surface area contributed by atoms with Crippen LogP contribution >= 0.6 is 23.1 Å². The third kappa shape index (κ3) is 2.40. The van der Waals surface area contributed by atoms with Crippen LogP contribution in [-0.4, -0.2) is 9.97 Å². The van der Waals surface area contributed by atoms with Crippen molar-refractivity contribution in [2.45, 2.75) is 36.1 Å². The van der Waals surface area contributed by atoms with Crippen LogP contribution in [0.4, 0.5) is 5.95 Å². The van der Waals surface area contributed by atoms with Crippen molar-refractivity contribution in [2.24, 2.45) is 0 Å². The van der Waals surface area contributed by atoms with Crippen LogP contribution in [0.1, 0.15) is 22.4 Å². The summed E-state index contributed by atoms with van der Waals surface area (Å²) in [5.74, 6) is 0.355. The van der Waals surface area contributed by atoms with Crippen molar-refractivity contribution in [3.63, 3.8) is 0 Å². The first-order valence-corrected chi connectivity index (χ1v) is 8.66. The highest BCUT2D eigenvalue weighted by molar-refractivity contribution is 7.99. The Balaban J connectivity index is 1.77. The monoisotopic (exact) mass is 313 g/mol. The average molecular weight is 313 g/mol. The zero-order valence-electron chi connectivity index (χ0n) is 11.7. The van der Waals surface area contributed by atoms with Crippen molar-refractivity contribution >= 4 is 39.3 Å². The predicted molar refractivity (Wildman–Crippen MR) is 89.2 cm³/mol. The number of anilines is 1. The molecule has 3 nitrogen and oxygen atoms in total. The standard InChI is InChI=1S/C16H15N3S2/c1-9-7-13-14(20-9)18-16(17)19-15(13)21-12-6-5-10-3-2-4-11(10)8-12/h5-8H,2-4H2,1H3,(H2,17,18,19). The van der Waals surface area contributed by atoms with E-state index in [1.54, 1.807) is 23.1 Å². The molecule has 3 aromatic rings. The van der Waals surface area contributed by atoms with Gasteiger partial charge in [-0.05, 0) is 55.5 Å². The number of aromatic nitrogens is 2. The van der Waals surface area contributed by atoms with Crippen LogP contribution < -0.4 is 5.73 Å². The van der Waals surface area contributed by atoms with Crippen LogP contribution in [0.3, 0.4) is 0 Å². The van der Waals surface area contributed by atoms with Crippen molar-refractivity contribution in [1.82, 2.24) is 9.97 Å². The van der Waals surface area contributed by atoms with E-state index >= 15 is 0 Å². The largest absolute Gasteiger partial charge is 0.368 e. The number of hydrogen-bond acceptors (Lipinski definition) is 5. The quantitative estimate of drug-likeness (QED) is 0.720. The first kappa shape index (κ1) is 13.1. The van der Waals surface area contributed by atoms with E-state index in [4.69, 9.17) is 5.73 Å². The number of benzene rings is 1. The van der Waals surface area contributed by atoms with Crippen molar-refractivity contribution in [3.05, 3.63) is 40.3 Å². The number of rotatable bonds is 2. The van der Waals surface area contributed by atoms with Crippen LogP contribution in [0.2, 0.25) is 0 Å². The van der Waals surface area contributed by atoms with E-state index < -0.39 is 0 Å². The highest BCUT2D eigenvalue weighted by Crippen LogP contribution is 2.37. The maximum absolute atomic E-state index is 5.85. The minimum absolute atomic E-state index is 0.355. The van der Waals surface area contributed by atoms with Crippen molar-refractivity contribution in [2.75, 3.05) is 5.73 Å². The Morgan fingerprint density at radius 3 is 2.90 bits per heavy atom. The maximum atomic E-state index is 5.85. The Morgan fingerprint density at radius 1 is 1.14 bits per heavy atom. The predicted octanol–water partition coefficient (Wildman–Crippen LogP) is 4.22. The summed E-state index contributed by atoms with van der Waals surface area (Å²) in [4.78, 5) is 12.2. The number of nitrogen functional groups attached to an aromatic ring is 1. The van der Waals surface area contributed by atoms with E-state index in [1.807, 2.05) is 0 Å². The van der Waals surface area contributed by atoms with Gasteiger partial charge >= 0.3 is 0 Å². The topological polar surface area (TPSA) is 51.8 Å². The van der Waals surface area contributed by atoms with Crippen LogP contribution in [0, 0.1) is 6.92 Å². The normalized spacial score (nSPS) is 13.8. The molecule has 4 rings (SSSR count). The summed E-state index contributed by atoms with van der Waals surface area (Å²) >= 11 is 3.35. The second-order valence-corrected chi connectivity index (χ2v) is 7.65. The molecule has 5 heteroatoms. The van der Waals surface area contributed by atoms with Gasteiger partial charge in [0.15, 0.2) is 0 Å². The van der Waals surface area contributed by atoms with E-state index in [0.717, 1.165) is 15.2 Å². The second kappa shape index (κ2) is 5.00. The molecule has 1 aliphatic carbocycles. The summed E-state index contributed by atoms with van der Waals surface area (Å²) < 4.78 is 0. The molecule has 1 aliphatic rings. The first-order chi connectivity index (χ1) is 10.2. The molecule has 0 amide bonds. The minimum Gasteiger partial charge on any atom is -0.368 e. The minimum atomic E-state index is 0.355. The molecule has 2 aromatic heterocycles. The molecular weight excluding hydrogens is 298 g/mol. The van der Waals surface area contributed by atoms with Gasteiger partial charge in [-0.1, -0.05) is 17.8 Å². The SMILES string of the molecule is Cc1cc2c(Sc3ccc4c(c3)CCC4)nc(N)nc2s1. The van der Waals surface area contributed by atoms with Gasteiger partial charge in [-0.3, -0.25) is 0 Å². The molecule has 21 heavy (non-hydrogen) atoms. The van der Waals surface area contributed by atoms with E-state index in [-0.39, 0.29) is 0 Å². The Bertz CT molecular complexity index is 839. The fourth-order valence-electron chi connectivity index (χ4n) is 2.83. The van der Waals surface area contributed by atoms with Crippen molar-refractivity contribution in [1.29, 1.82) is 0 Å². The van der Waals surface area contributed by atoms with Gasteiger partial charge in [0.05, 0.1) is 0 Å². The Morgan fingerprint density at radius 2 is 2.00 bits per heavy atom. The summed E-state index contributed by atoms with van der Waals surface area (Å²) in [5, 5.41) is 2.07. The molecule has 2 N–H and O–H groups in total. The van der Waals surface area contributed by atoms with Gasteiger partial charge in [0.1, 0.15) is 9.86 Å². The molecule has 0 saturated carbocycles.